The van der Waals surface area contributed by atoms with Gasteiger partial charge in [0.2, 0.25) is 0 Å². The Balaban J connectivity index is 2.96. The highest BCUT2D eigenvalue weighted by Crippen LogP contribution is 2.26. The maximum absolute atomic E-state index is 11.1. The molecule has 0 saturated carbocycles. The molecule has 2 amide bonds. The Morgan fingerprint density at radius 2 is 1.94 bits per heavy atom. The van der Waals surface area contributed by atoms with Crippen molar-refractivity contribution < 1.29 is 4.79 Å². The van der Waals surface area contributed by atoms with Crippen LogP contribution in [0.4, 0.5) is 10.5 Å². The number of amides is 2. The molecule has 0 aliphatic carbocycles. The van der Waals surface area contributed by atoms with E-state index in [0.29, 0.717) is 0 Å². The Labute approximate surface area is 96.2 Å². The molecule has 0 atom stereocenters. The SMILES string of the molecule is Cc1cc(C(C)(C)C)ccc1NC(=O)NN. The van der Waals surface area contributed by atoms with Crippen molar-refractivity contribution in [2.45, 2.75) is 33.1 Å². The van der Waals surface area contributed by atoms with Gasteiger partial charge in [-0.3, -0.25) is 5.43 Å². The third-order valence-electron chi connectivity index (χ3n) is 2.47. The van der Waals surface area contributed by atoms with Gasteiger partial charge in [0.1, 0.15) is 0 Å². The molecule has 0 radical (unpaired) electrons. The lowest BCUT2D eigenvalue weighted by molar-refractivity contribution is 0.252. The summed E-state index contributed by atoms with van der Waals surface area (Å²) < 4.78 is 0. The van der Waals surface area contributed by atoms with E-state index < -0.39 is 6.03 Å². The van der Waals surface area contributed by atoms with Crippen LogP contribution in [0.25, 0.3) is 0 Å². The van der Waals surface area contributed by atoms with E-state index in [0.717, 1.165) is 11.3 Å². The fourth-order valence-electron chi connectivity index (χ4n) is 1.43. The summed E-state index contributed by atoms with van der Waals surface area (Å²) in [6.45, 7) is 8.42. The van der Waals surface area contributed by atoms with Gasteiger partial charge in [0.25, 0.3) is 0 Å². The van der Waals surface area contributed by atoms with Crippen LogP contribution in [0.2, 0.25) is 0 Å². The maximum atomic E-state index is 11.1. The number of carbonyl (C=O) groups excluding carboxylic acids is 1. The highest BCUT2D eigenvalue weighted by Gasteiger charge is 2.14. The van der Waals surface area contributed by atoms with Gasteiger partial charge in [0.15, 0.2) is 0 Å². The van der Waals surface area contributed by atoms with E-state index in [1.807, 2.05) is 24.5 Å². The Hall–Kier alpha value is -1.55. The van der Waals surface area contributed by atoms with Crippen molar-refractivity contribution in [2.75, 3.05) is 5.32 Å². The molecule has 0 unspecified atom stereocenters. The van der Waals surface area contributed by atoms with Crippen LogP contribution in [-0.2, 0) is 5.41 Å². The van der Waals surface area contributed by atoms with E-state index in [9.17, 15) is 4.79 Å². The molecule has 4 N–H and O–H groups in total. The van der Waals surface area contributed by atoms with Gasteiger partial charge in [-0.1, -0.05) is 32.9 Å². The topological polar surface area (TPSA) is 67.2 Å². The molecule has 1 aromatic rings. The number of carbonyl (C=O) groups is 1. The summed E-state index contributed by atoms with van der Waals surface area (Å²) in [4.78, 5) is 11.1. The van der Waals surface area contributed by atoms with Crippen molar-refractivity contribution in [3.8, 4) is 0 Å². The molecule has 0 spiro atoms. The van der Waals surface area contributed by atoms with E-state index in [1.54, 1.807) is 0 Å². The van der Waals surface area contributed by atoms with Gasteiger partial charge in [0.05, 0.1) is 0 Å². The molecular weight excluding hydrogens is 202 g/mol. The van der Waals surface area contributed by atoms with Crippen LogP contribution in [0.5, 0.6) is 0 Å². The first-order chi connectivity index (χ1) is 7.34. The van der Waals surface area contributed by atoms with Gasteiger partial charge in [0, 0.05) is 5.69 Å². The van der Waals surface area contributed by atoms with Crippen LogP contribution >= 0.6 is 0 Å². The van der Waals surface area contributed by atoms with E-state index >= 15 is 0 Å². The fraction of sp³-hybridized carbons (Fsp3) is 0.417. The molecule has 1 rings (SSSR count). The van der Waals surface area contributed by atoms with Crippen molar-refractivity contribution in [3.63, 3.8) is 0 Å². The largest absolute Gasteiger partial charge is 0.333 e. The molecule has 0 aliphatic rings. The second kappa shape index (κ2) is 4.53. The quantitative estimate of drug-likeness (QED) is 0.387. The minimum atomic E-state index is -0.411. The third-order valence-corrected chi connectivity index (χ3v) is 2.47. The average molecular weight is 221 g/mol. The Kier molecular flexibility index (Phi) is 3.55. The van der Waals surface area contributed by atoms with Crippen LogP contribution in [0, 0.1) is 6.92 Å². The Morgan fingerprint density at radius 3 is 2.38 bits per heavy atom. The number of urea groups is 1. The molecule has 0 saturated heterocycles. The molecule has 4 heteroatoms. The summed E-state index contributed by atoms with van der Waals surface area (Å²) in [5, 5.41) is 2.66. The molecule has 0 aliphatic heterocycles. The van der Waals surface area contributed by atoms with Gasteiger partial charge in [-0.2, -0.15) is 0 Å². The van der Waals surface area contributed by atoms with Crippen molar-refractivity contribution in [1.29, 1.82) is 0 Å². The number of nitrogens with one attached hydrogen (secondary N) is 2. The molecule has 0 bridgehead atoms. The zero-order valence-corrected chi connectivity index (χ0v) is 10.2. The smallest absolute Gasteiger partial charge is 0.307 e. The molecule has 0 aromatic heterocycles. The van der Waals surface area contributed by atoms with Crippen LogP contribution in [0.1, 0.15) is 31.9 Å². The number of benzene rings is 1. The molecule has 16 heavy (non-hydrogen) atoms. The number of anilines is 1. The van der Waals surface area contributed by atoms with Crippen molar-refractivity contribution >= 4 is 11.7 Å². The van der Waals surface area contributed by atoms with Crippen molar-refractivity contribution in [2.24, 2.45) is 5.84 Å². The summed E-state index contributed by atoms with van der Waals surface area (Å²) in [6, 6.07) is 5.57. The van der Waals surface area contributed by atoms with E-state index in [1.165, 1.54) is 5.56 Å². The van der Waals surface area contributed by atoms with Gasteiger partial charge in [-0.25, -0.2) is 10.6 Å². The third kappa shape index (κ3) is 2.97. The first-order valence-electron chi connectivity index (χ1n) is 5.23. The van der Waals surface area contributed by atoms with Gasteiger partial charge in [-0.15, -0.1) is 0 Å². The van der Waals surface area contributed by atoms with E-state index in [2.05, 4.69) is 32.2 Å². The zero-order chi connectivity index (χ0) is 12.3. The number of nitrogens with two attached hydrogens (primary N) is 1. The molecule has 88 valence electrons. The lowest BCUT2D eigenvalue weighted by Gasteiger charge is -2.20. The lowest BCUT2D eigenvalue weighted by atomic mass is 9.86. The number of hydrogen-bond acceptors (Lipinski definition) is 2. The standard InChI is InChI=1S/C12H19N3O/c1-8-7-9(12(2,3)4)5-6-10(8)14-11(16)15-13/h5-7H,13H2,1-4H3,(H2,14,15,16). The van der Waals surface area contributed by atoms with Crippen LogP contribution in [-0.4, -0.2) is 6.03 Å². The average Bonchev–Trinajstić information content (AvgIpc) is 2.19. The van der Waals surface area contributed by atoms with Crippen molar-refractivity contribution in [1.82, 2.24) is 5.43 Å². The first kappa shape index (κ1) is 12.5. The van der Waals surface area contributed by atoms with Gasteiger partial charge in [-0.05, 0) is 29.5 Å². The van der Waals surface area contributed by atoms with Crippen LogP contribution < -0.4 is 16.6 Å². The highest BCUT2D eigenvalue weighted by molar-refractivity contribution is 5.89. The minimum Gasteiger partial charge on any atom is -0.307 e. The summed E-state index contributed by atoms with van der Waals surface area (Å²) in [6.07, 6.45) is 0. The van der Waals surface area contributed by atoms with Gasteiger partial charge < -0.3 is 5.32 Å². The van der Waals surface area contributed by atoms with Gasteiger partial charge >= 0.3 is 6.03 Å². The molecule has 4 nitrogen and oxygen atoms in total. The zero-order valence-electron chi connectivity index (χ0n) is 10.2. The van der Waals surface area contributed by atoms with Crippen LogP contribution in [0.15, 0.2) is 18.2 Å². The second-order valence-corrected chi connectivity index (χ2v) is 4.88. The molecule has 0 heterocycles. The maximum Gasteiger partial charge on any atom is 0.333 e. The van der Waals surface area contributed by atoms with Crippen LogP contribution in [0.3, 0.4) is 0 Å². The first-order valence-corrected chi connectivity index (χ1v) is 5.23. The molecular formula is C12H19N3O. The normalized spacial score (nSPS) is 11.1. The monoisotopic (exact) mass is 221 g/mol. The van der Waals surface area contributed by atoms with E-state index in [-0.39, 0.29) is 5.41 Å². The summed E-state index contributed by atoms with van der Waals surface area (Å²) in [5.41, 5.74) is 5.18. The highest BCUT2D eigenvalue weighted by atomic mass is 16.2. The summed E-state index contributed by atoms with van der Waals surface area (Å²) in [5.74, 6) is 5.01. The summed E-state index contributed by atoms with van der Waals surface area (Å²) in [7, 11) is 0. The summed E-state index contributed by atoms with van der Waals surface area (Å²) >= 11 is 0. The number of rotatable bonds is 1. The number of aryl methyl sites for hydroxylation is 1. The fourth-order valence-corrected chi connectivity index (χ4v) is 1.43. The predicted molar refractivity (Wildman–Crippen MR) is 66.2 cm³/mol. The minimum absolute atomic E-state index is 0.111. The number of hydrogen-bond donors (Lipinski definition) is 3. The molecule has 1 aromatic carbocycles. The van der Waals surface area contributed by atoms with E-state index in [4.69, 9.17) is 5.84 Å². The van der Waals surface area contributed by atoms with Crippen molar-refractivity contribution in [3.05, 3.63) is 29.3 Å². The second-order valence-electron chi connectivity index (χ2n) is 4.88. The Morgan fingerprint density at radius 1 is 1.31 bits per heavy atom. The number of hydrazine groups is 1. The Bertz CT molecular complexity index is 394. The lowest BCUT2D eigenvalue weighted by Crippen LogP contribution is -2.34. The molecule has 0 fully saturated rings. The predicted octanol–water partition coefficient (Wildman–Crippen LogP) is 2.29.